The standard InChI is InChI=1S/C13H16ClNO3/c1-8(2)15-7-11(16)12(18-13(15)17)9-5-3-4-6-10(9)14/h3-6,8,11-12,16H,7H2,1-2H3/t11-,12-/m0/s1. The molecule has 0 aromatic heterocycles. The first kappa shape index (κ1) is 13.2. The zero-order valence-electron chi connectivity index (χ0n) is 10.3. The number of carbonyl (C=O) groups excluding carboxylic acids is 1. The molecule has 1 amide bonds. The van der Waals surface area contributed by atoms with Crippen LogP contribution in [0.25, 0.3) is 0 Å². The van der Waals surface area contributed by atoms with E-state index in [1.54, 1.807) is 24.3 Å². The second-order valence-corrected chi connectivity index (χ2v) is 5.05. The molecule has 0 unspecified atom stereocenters. The van der Waals surface area contributed by atoms with Crippen LogP contribution < -0.4 is 0 Å². The predicted molar refractivity (Wildman–Crippen MR) is 68.5 cm³/mol. The second-order valence-electron chi connectivity index (χ2n) is 4.64. The number of ether oxygens (including phenoxy) is 1. The first-order valence-electron chi connectivity index (χ1n) is 5.90. The van der Waals surface area contributed by atoms with Gasteiger partial charge in [0, 0.05) is 16.6 Å². The zero-order chi connectivity index (χ0) is 13.3. The molecule has 1 aromatic carbocycles. The molecule has 2 rings (SSSR count). The molecular weight excluding hydrogens is 254 g/mol. The van der Waals surface area contributed by atoms with Crippen LogP contribution in [-0.2, 0) is 4.74 Å². The van der Waals surface area contributed by atoms with Gasteiger partial charge in [-0.2, -0.15) is 0 Å². The van der Waals surface area contributed by atoms with Crippen LogP contribution in [0.1, 0.15) is 25.5 Å². The van der Waals surface area contributed by atoms with Crippen molar-refractivity contribution in [1.29, 1.82) is 0 Å². The molecular formula is C13H16ClNO3. The van der Waals surface area contributed by atoms with Crippen molar-refractivity contribution >= 4 is 17.7 Å². The summed E-state index contributed by atoms with van der Waals surface area (Å²) in [6.07, 6.45) is -1.88. The van der Waals surface area contributed by atoms with Crippen molar-refractivity contribution in [1.82, 2.24) is 4.90 Å². The lowest BCUT2D eigenvalue weighted by atomic mass is 10.0. The summed E-state index contributed by atoms with van der Waals surface area (Å²) in [6.45, 7) is 4.01. The summed E-state index contributed by atoms with van der Waals surface area (Å²) in [6, 6.07) is 7.07. The van der Waals surface area contributed by atoms with Crippen LogP contribution >= 0.6 is 11.6 Å². The van der Waals surface area contributed by atoms with Gasteiger partial charge in [-0.15, -0.1) is 0 Å². The van der Waals surface area contributed by atoms with Gasteiger partial charge < -0.3 is 14.7 Å². The molecule has 0 bridgehead atoms. The van der Waals surface area contributed by atoms with E-state index in [-0.39, 0.29) is 12.6 Å². The molecule has 5 heteroatoms. The number of aliphatic hydroxyl groups is 1. The van der Waals surface area contributed by atoms with Gasteiger partial charge in [-0.3, -0.25) is 0 Å². The summed E-state index contributed by atoms with van der Waals surface area (Å²) in [5.74, 6) is 0. The SMILES string of the molecule is CC(C)N1C[C@H](O)[C@H](c2ccccc2Cl)OC1=O. The molecule has 1 aliphatic rings. The highest BCUT2D eigenvalue weighted by Gasteiger charge is 2.37. The number of halogens is 1. The maximum atomic E-state index is 11.8. The molecule has 1 heterocycles. The number of aliphatic hydroxyl groups excluding tert-OH is 1. The quantitative estimate of drug-likeness (QED) is 0.898. The van der Waals surface area contributed by atoms with Crippen LogP contribution in [0, 0.1) is 0 Å². The van der Waals surface area contributed by atoms with E-state index in [0.717, 1.165) is 0 Å². The summed E-state index contributed by atoms with van der Waals surface area (Å²) in [5.41, 5.74) is 0.642. The molecule has 2 atom stereocenters. The Morgan fingerprint density at radius 2 is 2.11 bits per heavy atom. The fourth-order valence-corrected chi connectivity index (χ4v) is 2.27. The molecule has 1 N–H and O–H groups in total. The third-order valence-electron chi connectivity index (χ3n) is 3.03. The molecule has 18 heavy (non-hydrogen) atoms. The number of rotatable bonds is 2. The zero-order valence-corrected chi connectivity index (χ0v) is 11.1. The Hall–Kier alpha value is -1.26. The van der Waals surface area contributed by atoms with Gasteiger partial charge in [-0.05, 0) is 19.9 Å². The van der Waals surface area contributed by atoms with Gasteiger partial charge in [-0.1, -0.05) is 29.8 Å². The average Bonchev–Trinajstić information content (AvgIpc) is 2.32. The number of carbonyl (C=O) groups is 1. The van der Waals surface area contributed by atoms with Crippen LogP contribution in [0.4, 0.5) is 4.79 Å². The fourth-order valence-electron chi connectivity index (χ4n) is 2.02. The lowest BCUT2D eigenvalue weighted by molar-refractivity contribution is -0.0665. The molecule has 1 saturated heterocycles. The van der Waals surface area contributed by atoms with Gasteiger partial charge >= 0.3 is 6.09 Å². The van der Waals surface area contributed by atoms with E-state index >= 15 is 0 Å². The van der Waals surface area contributed by atoms with E-state index in [0.29, 0.717) is 10.6 Å². The topological polar surface area (TPSA) is 49.8 Å². The third kappa shape index (κ3) is 2.44. The summed E-state index contributed by atoms with van der Waals surface area (Å²) in [5, 5.41) is 10.6. The Bertz CT molecular complexity index is 450. The van der Waals surface area contributed by atoms with E-state index in [1.807, 2.05) is 13.8 Å². The van der Waals surface area contributed by atoms with Gasteiger partial charge in [-0.25, -0.2) is 4.79 Å². The molecule has 98 valence electrons. The Morgan fingerprint density at radius 1 is 1.44 bits per heavy atom. The summed E-state index contributed by atoms with van der Waals surface area (Å²) < 4.78 is 5.29. The number of benzene rings is 1. The normalized spacial score (nSPS) is 24.3. The van der Waals surface area contributed by atoms with E-state index in [1.165, 1.54) is 4.90 Å². The Labute approximate surface area is 111 Å². The maximum Gasteiger partial charge on any atom is 0.410 e. The van der Waals surface area contributed by atoms with Crippen LogP contribution in [0.15, 0.2) is 24.3 Å². The van der Waals surface area contributed by atoms with Crippen LogP contribution in [0.5, 0.6) is 0 Å². The summed E-state index contributed by atoms with van der Waals surface area (Å²) >= 11 is 6.05. The van der Waals surface area contributed by atoms with Crippen LogP contribution in [0.2, 0.25) is 5.02 Å². The predicted octanol–water partition coefficient (Wildman–Crippen LogP) is 2.60. The van der Waals surface area contributed by atoms with Crippen molar-refractivity contribution in [2.45, 2.75) is 32.1 Å². The molecule has 0 radical (unpaired) electrons. The number of amides is 1. The smallest absolute Gasteiger partial charge is 0.410 e. The lowest BCUT2D eigenvalue weighted by Crippen LogP contribution is -2.50. The number of hydrogen-bond donors (Lipinski definition) is 1. The highest BCUT2D eigenvalue weighted by atomic mass is 35.5. The van der Waals surface area contributed by atoms with Gasteiger partial charge in [0.05, 0.1) is 6.54 Å². The minimum Gasteiger partial charge on any atom is -0.438 e. The summed E-state index contributed by atoms with van der Waals surface area (Å²) in [4.78, 5) is 13.3. The third-order valence-corrected chi connectivity index (χ3v) is 3.37. The maximum absolute atomic E-state index is 11.8. The molecule has 1 fully saturated rings. The first-order valence-corrected chi connectivity index (χ1v) is 6.28. The molecule has 0 saturated carbocycles. The minimum atomic E-state index is -0.773. The Morgan fingerprint density at radius 3 is 2.72 bits per heavy atom. The van der Waals surface area contributed by atoms with Crippen LogP contribution in [0.3, 0.4) is 0 Å². The lowest BCUT2D eigenvalue weighted by Gasteiger charge is -2.37. The van der Waals surface area contributed by atoms with Gasteiger partial charge in [0.15, 0.2) is 6.10 Å². The van der Waals surface area contributed by atoms with E-state index in [9.17, 15) is 9.90 Å². The minimum absolute atomic E-state index is 0.000606. The number of β-amino-alcohol motifs (C(OH)–C–C–N with tert-alkyl or cyclic N) is 1. The van der Waals surface area contributed by atoms with E-state index < -0.39 is 18.3 Å². The van der Waals surface area contributed by atoms with Crippen molar-refractivity contribution in [3.05, 3.63) is 34.9 Å². The van der Waals surface area contributed by atoms with Gasteiger partial charge in [0.2, 0.25) is 0 Å². The highest BCUT2D eigenvalue weighted by Crippen LogP contribution is 2.32. The number of cyclic esters (lactones) is 1. The van der Waals surface area contributed by atoms with Gasteiger partial charge in [0.25, 0.3) is 0 Å². The monoisotopic (exact) mass is 269 g/mol. The molecule has 4 nitrogen and oxygen atoms in total. The average molecular weight is 270 g/mol. The van der Waals surface area contributed by atoms with Crippen molar-refractivity contribution in [3.8, 4) is 0 Å². The highest BCUT2D eigenvalue weighted by molar-refractivity contribution is 6.31. The Balaban J connectivity index is 2.23. The van der Waals surface area contributed by atoms with Crippen molar-refractivity contribution in [3.63, 3.8) is 0 Å². The number of nitrogens with zero attached hydrogens (tertiary/aromatic N) is 1. The van der Waals surface area contributed by atoms with Crippen molar-refractivity contribution in [2.75, 3.05) is 6.54 Å². The first-order chi connectivity index (χ1) is 8.50. The second kappa shape index (κ2) is 5.16. The largest absolute Gasteiger partial charge is 0.438 e. The van der Waals surface area contributed by atoms with Gasteiger partial charge in [0.1, 0.15) is 6.10 Å². The van der Waals surface area contributed by atoms with E-state index in [2.05, 4.69) is 0 Å². The molecule has 0 spiro atoms. The van der Waals surface area contributed by atoms with Crippen LogP contribution in [-0.4, -0.2) is 34.8 Å². The number of hydrogen-bond acceptors (Lipinski definition) is 3. The van der Waals surface area contributed by atoms with Crippen molar-refractivity contribution in [2.24, 2.45) is 0 Å². The molecule has 1 aromatic rings. The summed E-state index contributed by atoms with van der Waals surface area (Å²) in [7, 11) is 0. The Kier molecular flexibility index (Phi) is 3.78. The van der Waals surface area contributed by atoms with E-state index in [4.69, 9.17) is 16.3 Å². The fraction of sp³-hybridized carbons (Fsp3) is 0.462. The van der Waals surface area contributed by atoms with Crippen molar-refractivity contribution < 1.29 is 14.6 Å². The molecule has 0 aliphatic carbocycles. The molecule has 1 aliphatic heterocycles.